The fourth-order valence-electron chi connectivity index (χ4n) is 2.14. The van der Waals surface area contributed by atoms with E-state index >= 15 is 0 Å². The molecule has 4 nitrogen and oxygen atoms in total. The molecule has 0 spiro atoms. The Hall–Kier alpha value is -2.48. The number of nitriles is 1. The molecule has 6 heteroatoms. The van der Waals surface area contributed by atoms with Crippen molar-refractivity contribution in [3.63, 3.8) is 0 Å². The number of amides is 1. The van der Waals surface area contributed by atoms with Crippen LogP contribution in [0, 0.1) is 11.3 Å². The van der Waals surface area contributed by atoms with Gasteiger partial charge in [-0.3, -0.25) is 4.79 Å². The van der Waals surface area contributed by atoms with Gasteiger partial charge < -0.3 is 10.6 Å². The molecule has 0 fully saturated rings. The largest absolute Gasteiger partial charge is 0.389 e. The molecule has 0 aliphatic rings. The van der Waals surface area contributed by atoms with E-state index in [-0.39, 0.29) is 12.1 Å². The highest BCUT2D eigenvalue weighted by atomic mass is 35.5. The van der Waals surface area contributed by atoms with Gasteiger partial charge in [-0.2, -0.15) is 5.26 Å². The molecule has 0 heterocycles. The third-order valence-electron chi connectivity index (χ3n) is 3.51. The summed E-state index contributed by atoms with van der Waals surface area (Å²) in [6.07, 6.45) is 2.11. The zero-order chi connectivity index (χ0) is 18.1. The van der Waals surface area contributed by atoms with Crippen LogP contribution in [0.15, 0.2) is 60.3 Å². The van der Waals surface area contributed by atoms with Crippen molar-refractivity contribution in [2.24, 2.45) is 0 Å². The third kappa shape index (κ3) is 5.82. The van der Waals surface area contributed by atoms with Gasteiger partial charge >= 0.3 is 0 Å². The van der Waals surface area contributed by atoms with Crippen molar-refractivity contribution < 1.29 is 4.79 Å². The van der Waals surface area contributed by atoms with Crippen LogP contribution in [0.1, 0.15) is 11.1 Å². The first-order valence-electron chi connectivity index (χ1n) is 7.70. The van der Waals surface area contributed by atoms with Crippen molar-refractivity contribution in [3.8, 4) is 6.07 Å². The quantitative estimate of drug-likeness (QED) is 0.440. The van der Waals surface area contributed by atoms with Gasteiger partial charge in [0.25, 0.3) is 5.91 Å². The zero-order valence-corrected chi connectivity index (χ0v) is 14.9. The van der Waals surface area contributed by atoms with Gasteiger partial charge in [0.1, 0.15) is 11.6 Å². The van der Waals surface area contributed by atoms with E-state index in [1.165, 1.54) is 6.20 Å². The Bertz CT molecular complexity index is 812. The smallest absolute Gasteiger partial charge is 0.263 e. The van der Waals surface area contributed by atoms with Crippen molar-refractivity contribution in [1.82, 2.24) is 10.6 Å². The van der Waals surface area contributed by atoms with E-state index in [1.807, 2.05) is 48.5 Å². The summed E-state index contributed by atoms with van der Waals surface area (Å²) in [5, 5.41) is 16.1. The van der Waals surface area contributed by atoms with Gasteiger partial charge in [-0.1, -0.05) is 59.6 Å². The molecule has 128 valence electrons. The second kappa shape index (κ2) is 9.73. The predicted octanol–water partition coefficient (Wildman–Crippen LogP) is 3.85. The van der Waals surface area contributed by atoms with Gasteiger partial charge in [0.15, 0.2) is 0 Å². The van der Waals surface area contributed by atoms with Gasteiger partial charge in [-0.15, -0.1) is 0 Å². The van der Waals surface area contributed by atoms with Crippen LogP contribution in [-0.2, 0) is 17.8 Å². The molecule has 0 saturated heterocycles. The summed E-state index contributed by atoms with van der Waals surface area (Å²) in [4.78, 5) is 12.1. The number of carbonyl (C=O) groups excluding carboxylic acids is 1. The third-order valence-corrected chi connectivity index (χ3v) is 4.24. The average molecular weight is 374 g/mol. The van der Waals surface area contributed by atoms with E-state index in [0.717, 1.165) is 11.1 Å². The molecule has 0 atom stereocenters. The molecule has 0 bridgehead atoms. The lowest BCUT2D eigenvalue weighted by Gasteiger charge is -2.07. The summed E-state index contributed by atoms with van der Waals surface area (Å²) >= 11 is 12.1. The molecule has 0 unspecified atom stereocenters. The maximum atomic E-state index is 12.1. The Kier molecular flexibility index (Phi) is 7.34. The molecule has 0 aliphatic heterocycles. The van der Waals surface area contributed by atoms with Crippen molar-refractivity contribution in [1.29, 1.82) is 5.26 Å². The van der Waals surface area contributed by atoms with Gasteiger partial charge in [-0.05, 0) is 29.7 Å². The van der Waals surface area contributed by atoms with E-state index in [0.29, 0.717) is 23.0 Å². The molecular weight excluding hydrogens is 357 g/mol. The summed E-state index contributed by atoms with van der Waals surface area (Å²) in [5.74, 6) is -0.451. The number of carbonyl (C=O) groups is 1. The van der Waals surface area contributed by atoms with Gasteiger partial charge in [0.05, 0.1) is 0 Å². The Labute approximate surface area is 157 Å². The van der Waals surface area contributed by atoms with Crippen molar-refractivity contribution in [3.05, 3.63) is 81.5 Å². The molecule has 0 aromatic heterocycles. The number of nitrogens with zero attached hydrogens (tertiary/aromatic N) is 1. The minimum atomic E-state index is -0.451. The van der Waals surface area contributed by atoms with Crippen LogP contribution < -0.4 is 10.6 Å². The van der Waals surface area contributed by atoms with E-state index < -0.39 is 5.91 Å². The van der Waals surface area contributed by atoms with Crippen LogP contribution in [0.25, 0.3) is 0 Å². The van der Waals surface area contributed by atoms with Gasteiger partial charge in [0, 0.05) is 29.3 Å². The standard InChI is InChI=1S/C19H17Cl2N3O/c20-17-7-3-1-5-14(17)9-10-23-12-16(11-22)19(25)24-13-15-6-2-4-8-18(15)21/h1-8,12,23H,9-10,13H2,(H,24,25)/b16-12-. The van der Waals surface area contributed by atoms with E-state index in [4.69, 9.17) is 28.5 Å². The van der Waals surface area contributed by atoms with Crippen molar-refractivity contribution >= 4 is 29.1 Å². The lowest BCUT2D eigenvalue weighted by atomic mass is 10.1. The second-order valence-corrected chi connectivity index (χ2v) is 6.05. The first-order chi connectivity index (χ1) is 12.1. The highest BCUT2D eigenvalue weighted by Gasteiger charge is 2.09. The SMILES string of the molecule is N#C/C(=C/NCCc1ccccc1Cl)C(=O)NCc1ccccc1Cl. The number of rotatable bonds is 7. The van der Waals surface area contributed by atoms with Crippen LogP contribution in [0.5, 0.6) is 0 Å². The lowest BCUT2D eigenvalue weighted by molar-refractivity contribution is -0.117. The minimum Gasteiger partial charge on any atom is -0.389 e. The highest BCUT2D eigenvalue weighted by Crippen LogP contribution is 2.15. The number of halogens is 2. The van der Waals surface area contributed by atoms with E-state index in [9.17, 15) is 4.79 Å². The molecule has 0 radical (unpaired) electrons. The normalized spacial score (nSPS) is 10.8. The molecule has 0 aliphatic carbocycles. The maximum Gasteiger partial charge on any atom is 0.263 e. The molecule has 0 saturated carbocycles. The molecule has 2 N–H and O–H groups in total. The fraction of sp³-hybridized carbons (Fsp3) is 0.158. The highest BCUT2D eigenvalue weighted by molar-refractivity contribution is 6.31. The Morgan fingerprint density at radius 3 is 2.24 bits per heavy atom. The van der Waals surface area contributed by atoms with Gasteiger partial charge in [-0.25, -0.2) is 0 Å². The first kappa shape index (κ1) is 18.9. The summed E-state index contributed by atoms with van der Waals surface area (Å²) in [6, 6.07) is 16.7. The summed E-state index contributed by atoms with van der Waals surface area (Å²) in [7, 11) is 0. The van der Waals surface area contributed by atoms with Crippen molar-refractivity contribution in [2.45, 2.75) is 13.0 Å². The maximum absolute atomic E-state index is 12.1. The number of benzene rings is 2. The predicted molar refractivity (Wildman–Crippen MR) is 100 cm³/mol. The summed E-state index contributed by atoms with van der Waals surface area (Å²) in [5.41, 5.74) is 1.81. The summed E-state index contributed by atoms with van der Waals surface area (Å²) in [6.45, 7) is 0.823. The molecule has 2 aromatic carbocycles. The second-order valence-electron chi connectivity index (χ2n) is 5.24. The molecule has 25 heavy (non-hydrogen) atoms. The Balaban J connectivity index is 1.85. The molecular formula is C19H17Cl2N3O. The topological polar surface area (TPSA) is 64.9 Å². The molecule has 1 amide bonds. The Morgan fingerprint density at radius 1 is 1.04 bits per heavy atom. The zero-order valence-electron chi connectivity index (χ0n) is 13.4. The Morgan fingerprint density at radius 2 is 1.64 bits per heavy atom. The van der Waals surface area contributed by atoms with Gasteiger partial charge in [0.2, 0.25) is 0 Å². The minimum absolute atomic E-state index is 0.00575. The number of hydrogen-bond donors (Lipinski definition) is 2. The van der Waals surface area contributed by atoms with E-state index in [1.54, 1.807) is 6.07 Å². The van der Waals surface area contributed by atoms with Crippen LogP contribution in [0.4, 0.5) is 0 Å². The average Bonchev–Trinajstić information content (AvgIpc) is 2.62. The van der Waals surface area contributed by atoms with Crippen molar-refractivity contribution in [2.75, 3.05) is 6.54 Å². The van der Waals surface area contributed by atoms with Crippen LogP contribution in [0.2, 0.25) is 10.0 Å². The fourth-order valence-corrected chi connectivity index (χ4v) is 2.58. The van der Waals surface area contributed by atoms with E-state index in [2.05, 4.69) is 10.6 Å². The van der Waals surface area contributed by atoms with Crippen LogP contribution in [0.3, 0.4) is 0 Å². The number of hydrogen-bond acceptors (Lipinski definition) is 3. The lowest BCUT2D eigenvalue weighted by Crippen LogP contribution is -2.25. The molecule has 2 aromatic rings. The number of nitrogens with one attached hydrogen (secondary N) is 2. The van der Waals surface area contributed by atoms with Crippen LogP contribution >= 0.6 is 23.2 Å². The first-order valence-corrected chi connectivity index (χ1v) is 8.46. The molecule has 2 rings (SSSR count). The van der Waals surface area contributed by atoms with Crippen LogP contribution in [-0.4, -0.2) is 12.5 Å². The summed E-state index contributed by atoms with van der Waals surface area (Å²) < 4.78 is 0. The monoisotopic (exact) mass is 373 g/mol.